The van der Waals surface area contributed by atoms with E-state index in [2.05, 4.69) is 0 Å². The molecule has 3 unspecified atom stereocenters. The molecule has 3 atom stereocenters. The minimum absolute atomic E-state index is 0.143. The number of aliphatic carboxylic acids is 1. The summed E-state index contributed by atoms with van der Waals surface area (Å²) in [5, 5.41) is 19.0. The van der Waals surface area contributed by atoms with Crippen LogP contribution in [0.4, 0.5) is 0 Å². The van der Waals surface area contributed by atoms with E-state index in [9.17, 15) is 9.90 Å². The Hall–Kier alpha value is -0.650. The van der Waals surface area contributed by atoms with Gasteiger partial charge in [0.2, 0.25) is 0 Å². The molecule has 1 saturated heterocycles. The molecule has 1 fully saturated rings. The van der Waals surface area contributed by atoms with Crippen LogP contribution in [-0.2, 0) is 9.53 Å². The first-order valence-electron chi connectivity index (χ1n) is 5.60. The highest BCUT2D eigenvalue weighted by Gasteiger charge is 2.38. The number of nitrogens with zero attached hydrogens (tertiary/aromatic N) is 1. The zero-order valence-electron chi connectivity index (χ0n) is 10.1. The first-order chi connectivity index (χ1) is 7.37. The fraction of sp³-hybridized carbons (Fsp3) is 0.909. The van der Waals surface area contributed by atoms with Gasteiger partial charge in [-0.25, -0.2) is 0 Å². The van der Waals surface area contributed by atoms with Crippen LogP contribution in [0.5, 0.6) is 0 Å². The molecule has 94 valence electrons. The normalized spacial score (nSPS) is 29.3. The third kappa shape index (κ3) is 3.17. The fourth-order valence-electron chi connectivity index (χ4n) is 1.98. The van der Waals surface area contributed by atoms with Gasteiger partial charge >= 0.3 is 5.97 Å². The number of carbonyl (C=O) groups is 1. The molecular weight excluding hydrogens is 210 g/mol. The number of carboxylic acids is 1. The quantitative estimate of drug-likeness (QED) is 0.706. The van der Waals surface area contributed by atoms with Crippen molar-refractivity contribution in [3.8, 4) is 0 Å². The van der Waals surface area contributed by atoms with E-state index >= 15 is 0 Å². The summed E-state index contributed by atoms with van der Waals surface area (Å²) < 4.78 is 5.20. The van der Waals surface area contributed by atoms with Gasteiger partial charge < -0.3 is 14.9 Å². The number of rotatable bonds is 5. The molecule has 0 aromatic rings. The first kappa shape index (κ1) is 13.4. The minimum Gasteiger partial charge on any atom is -0.481 e. The molecular formula is C11H21NO4. The third-order valence-electron chi connectivity index (χ3n) is 3.29. The Morgan fingerprint density at radius 2 is 2.19 bits per heavy atom. The maximum absolute atomic E-state index is 11.0. The minimum atomic E-state index is -0.828. The Bertz CT molecular complexity index is 254. The molecule has 0 bridgehead atoms. The molecule has 1 heterocycles. The molecule has 5 heteroatoms. The number of aliphatic hydroxyl groups is 1. The van der Waals surface area contributed by atoms with Gasteiger partial charge in [0, 0.05) is 12.6 Å². The summed E-state index contributed by atoms with van der Waals surface area (Å²) in [6.45, 7) is 4.82. The Kier molecular flexibility index (Phi) is 4.29. The molecule has 16 heavy (non-hydrogen) atoms. The number of hydrogen-bond donors (Lipinski definition) is 2. The van der Waals surface area contributed by atoms with Crippen molar-refractivity contribution in [2.75, 3.05) is 26.8 Å². The van der Waals surface area contributed by atoms with Crippen LogP contribution in [0.25, 0.3) is 0 Å². The third-order valence-corrected chi connectivity index (χ3v) is 3.29. The summed E-state index contributed by atoms with van der Waals surface area (Å²) in [6, 6.07) is -0.143. The lowest BCUT2D eigenvalue weighted by Gasteiger charge is -2.32. The second kappa shape index (κ2) is 5.12. The average Bonchev–Trinajstić information content (AvgIpc) is 2.65. The monoisotopic (exact) mass is 231 g/mol. The van der Waals surface area contributed by atoms with E-state index in [1.807, 2.05) is 18.9 Å². The van der Waals surface area contributed by atoms with Crippen molar-refractivity contribution >= 4 is 5.97 Å². The van der Waals surface area contributed by atoms with Crippen molar-refractivity contribution in [1.29, 1.82) is 0 Å². The number of ether oxygens (including phenoxy) is 1. The molecule has 1 aliphatic rings. The van der Waals surface area contributed by atoms with Crippen LogP contribution >= 0.6 is 0 Å². The van der Waals surface area contributed by atoms with E-state index in [1.165, 1.54) is 0 Å². The van der Waals surface area contributed by atoms with Crippen molar-refractivity contribution < 1.29 is 19.7 Å². The van der Waals surface area contributed by atoms with Crippen LogP contribution < -0.4 is 0 Å². The lowest BCUT2D eigenvalue weighted by Crippen LogP contribution is -2.47. The number of carboxylic acid groups (broad SMARTS) is 1. The molecule has 0 aliphatic carbocycles. The molecule has 0 radical (unpaired) electrons. The zero-order valence-corrected chi connectivity index (χ0v) is 10.1. The second-order valence-electron chi connectivity index (χ2n) is 4.82. The van der Waals surface area contributed by atoms with E-state index in [0.717, 1.165) is 0 Å². The van der Waals surface area contributed by atoms with Crippen LogP contribution in [0.2, 0.25) is 0 Å². The van der Waals surface area contributed by atoms with Crippen LogP contribution in [0, 0.1) is 5.92 Å². The zero-order chi connectivity index (χ0) is 12.3. The molecule has 0 saturated carbocycles. The molecule has 5 nitrogen and oxygen atoms in total. The van der Waals surface area contributed by atoms with Crippen molar-refractivity contribution in [2.24, 2.45) is 5.92 Å². The molecule has 0 amide bonds. The predicted octanol–water partition coefficient (Wildman–Crippen LogP) is 0.179. The Morgan fingerprint density at radius 1 is 1.56 bits per heavy atom. The number of hydrogen-bond acceptors (Lipinski definition) is 4. The standard InChI is InChI=1S/C11H21NO4/c1-4-11(2,15)7-12(3)9-6-16-5-8(9)10(13)14/h8-9,15H,4-7H2,1-3H3,(H,13,14). The summed E-state index contributed by atoms with van der Waals surface area (Å²) in [5.41, 5.74) is -0.777. The Labute approximate surface area is 96.0 Å². The summed E-state index contributed by atoms with van der Waals surface area (Å²) in [7, 11) is 1.83. The summed E-state index contributed by atoms with van der Waals surface area (Å²) in [6.07, 6.45) is 0.642. The largest absolute Gasteiger partial charge is 0.481 e. The van der Waals surface area contributed by atoms with Crippen molar-refractivity contribution in [3.63, 3.8) is 0 Å². The SMILES string of the molecule is CCC(C)(O)CN(C)C1COCC1C(=O)O. The van der Waals surface area contributed by atoms with Crippen molar-refractivity contribution in [2.45, 2.75) is 31.9 Å². The van der Waals surface area contributed by atoms with Gasteiger partial charge in [0.05, 0.1) is 24.7 Å². The highest BCUT2D eigenvalue weighted by atomic mass is 16.5. The molecule has 1 aliphatic heterocycles. The molecule has 0 aromatic carbocycles. The van der Waals surface area contributed by atoms with Gasteiger partial charge in [0.15, 0.2) is 0 Å². The van der Waals surface area contributed by atoms with Crippen LogP contribution in [0.3, 0.4) is 0 Å². The van der Waals surface area contributed by atoms with Gasteiger partial charge in [-0.15, -0.1) is 0 Å². The maximum atomic E-state index is 11.0. The first-order valence-corrected chi connectivity index (χ1v) is 5.60. The second-order valence-corrected chi connectivity index (χ2v) is 4.82. The van der Waals surface area contributed by atoms with Crippen LogP contribution in [0.1, 0.15) is 20.3 Å². The van der Waals surface area contributed by atoms with Gasteiger partial charge in [-0.1, -0.05) is 6.92 Å². The van der Waals surface area contributed by atoms with Crippen molar-refractivity contribution in [3.05, 3.63) is 0 Å². The molecule has 2 N–H and O–H groups in total. The van der Waals surface area contributed by atoms with Crippen LogP contribution in [0.15, 0.2) is 0 Å². The average molecular weight is 231 g/mol. The van der Waals surface area contributed by atoms with Crippen LogP contribution in [-0.4, -0.2) is 59.5 Å². The van der Waals surface area contributed by atoms with Gasteiger partial charge in [-0.3, -0.25) is 9.69 Å². The van der Waals surface area contributed by atoms with E-state index in [0.29, 0.717) is 19.6 Å². The Balaban J connectivity index is 2.59. The van der Waals surface area contributed by atoms with E-state index < -0.39 is 17.5 Å². The fourth-order valence-corrected chi connectivity index (χ4v) is 1.98. The highest BCUT2D eigenvalue weighted by Crippen LogP contribution is 2.21. The lowest BCUT2D eigenvalue weighted by atomic mass is 9.98. The summed E-state index contributed by atoms with van der Waals surface area (Å²) in [5.74, 6) is -1.32. The number of likely N-dealkylation sites (N-methyl/N-ethyl adjacent to an activating group) is 1. The van der Waals surface area contributed by atoms with E-state index in [4.69, 9.17) is 9.84 Å². The summed E-state index contributed by atoms with van der Waals surface area (Å²) >= 11 is 0. The van der Waals surface area contributed by atoms with Gasteiger partial charge in [0.25, 0.3) is 0 Å². The Morgan fingerprint density at radius 3 is 2.69 bits per heavy atom. The molecule has 0 spiro atoms. The van der Waals surface area contributed by atoms with Gasteiger partial charge in [0.1, 0.15) is 0 Å². The topological polar surface area (TPSA) is 70.0 Å². The highest BCUT2D eigenvalue weighted by molar-refractivity contribution is 5.71. The van der Waals surface area contributed by atoms with Gasteiger partial charge in [-0.05, 0) is 20.4 Å². The van der Waals surface area contributed by atoms with E-state index in [-0.39, 0.29) is 12.6 Å². The predicted molar refractivity (Wildman–Crippen MR) is 59.3 cm³/mol. The lowest BCUT2D eigenvalue weighted by molar-refractivity contribution is -0.143. The van der Waals surface area contributed by atoms with Crippen molar-refractivity contribution in [1.82, 2.24) is 4.90 Å². The smallest absolute Gasteiger partial charge is 0.310 e. The molecule has 0 aromatic heterocycles. The van der Waals surface area contributed by atoms with Gasteiger partial charge in [-0.2, -0.15) is 0 Å². The molecule has 1 rings (SSSR count). The maximum Gasteiger partial charge on any atom is 0.310 e. The summed E-state index contributed by atoms with van der Waals surface area (Å²) in [4.78, 5) is 12.9. The van der Waals surface area contributed by atoms with E-state index in [1.54, 1.807) is 6.92 Å².